The molecule has 0 aliphatic carbocycles. The van der Waals surface area contributed by atoms with Crippen LogP contribution in [0.5, 0.6) is 0 Å². The van der Waals surface area contributed by atoms with E-state index < -0.39 is 45.0 Å². The minimum absolute atomic E-state index is 0. The number of rotatable bonds is 3. The number of H-pyrrole nitrogens is 5. The van der Waals surface area contributed by atoms with Crippen molar-refractivity contribution in [2.45, 2.75) is 14.7 Å². The molecule has 33 nitrogen and oxygen atoms in total. The molecule has 38 heteroatoms. The van der Waals surface area contributed by atoms with E-state index >= 15 is 0 Å². The summed E-state index contributed by atoms with van der Waals surface area (Å²) in [5.74, 6) is 7.08. The van der Waals surface area contributed by atoms with Crippen LogP contribution in [0.4, 0.5) is 0 Å². The summed E-state index contributed by atoms with van der Waals surface area (Å²) < 4.78 is 112. The average molecular weight is 2020 g/mol. The number of fused-ring (bicyclic) bond motifs is 60. The van der Waals surface area contributed by atoms with Gasteiger partial charge in [-0.25, -0.2) is 105 Å². The molecule has 668 valence electrons. The van der Waals surface area contributed by atoms with Crippen molar-refractivity contribution in [1.29, 1.82) is 0 Å². The molecule has 0 saturated heterocycles. The number of terminal acetylenes is 1. The van der Waals surface area contributed by atoms with E-state index in [4.69, 9.17) is 101 Å². The summed E-state index contributed by atoms with van der Waals surface area (Å²) >= 11 is 0. The molecular weight excluding hydrogens is 1960 g/mol. The number of nitrogens with zero attached hydrogens (tertiary/aromatic N) is 19. The summed E-state index contributed by atoms with van der Waals surface area (Å²) in [4.78, 5) is 107. The minimum Gasteiger partial charge on any atom is -0.744 e. The maximum atomic E-state index is 12.4. The smallest absolute Gasteiger partial charge is 0.744 e. The molecule has 22 aromatic rings. The van der Waals surface area contributed by atoms with Gasteiger partial charge < -0.3 is 53.5 Å². The monoisotopic (exact) mass is 2020 g/mol. The molecule has 13 aromatic carbocycles. The molecule has 0 radical (unpaired) electrons. The van der Waals surface area contributed by atoms with Crippen LogP contribution in [0, 0.1) is 12.3 Å². The Morgan fingerprint density at radius 3 is 0.599 bits per heavy atom. The average Bonchev–Trinajstić information content (AvgIpc) is 1.59. The number of aromatic amines is 5. The van der Waals surface area contributed by atoms with Crippen LogP contribution in [-0.2, 0) is 30.4 Å². The molecule has 0 unspecified atom stereocenters. The number of aromatic nitrogens is 24. The molecule has 0 atom stereocenters. The molecule has 15 heterocycles. The second-order valence-corrected chi connectivity index (χ2v) is 36.6. The maximum Gasteiger partial charge on any atom is 3.00 e. The largest absolute Gasteiger partial charge is 3.00 e. The Bertz CT molecular complexity index is 9360. The van der Waals surface area contributed by atoms with Gasteiger partial charge in [0.15, 0.2) is 58.2 Å². The molecule has 28 rings (SSSR count). The molecule has 5 N–H and O–H groups in total. The van der Waals surface area contributed by atoms with Crippen molar-refractivity contribution in [3.8, 4) is 149 Å². The van der Waals surface area contributed by atoms with Crippen LogP contribution in [0.2, 0.25) is 0 Å². The van der Waals surface area contributed by atoms with Crippen molar-refractivity contribution in [2.24, 2.45) is 0 Å². The molecule has 0 saturated carbocycles. The van der Waals surface area contributed by atoms with E-state index in [9.17, 15) is 38.9 Å². The Morgan fingerprint density at radius 2 is 0.387 bits per heavy atom. The van der Waals surface area contributed by atoms with E-state index in [1.807, 2.05) is 249 Å². The standard InChI is InChI=1S/2C32H18N8O3S.C32H17N8O3S.C8H6.In.Na/c3*41-44(42,43)23-15-7-14-22-24(23)32-39-30-21-13-6-5-12-20(21)28(37-30)35-26-17-9-2-1-8-16(17)25(33-26)34-27-18-10-3-4-11-19(18)29(36-27)38-31(22)40-32;1-2-8-6-4-3-5-7-8;;/h2*1-15H,(H,41,42,43)(H2,33,34,35,36,37,38,39,40);1-15H,(H2-,33,34,35,36,37,38,39,40,41,42,43);1,3-7H;;/q;;-1;;+3;+1/p-3. The van der Waals surface area contributed by atoms with Crippen LogP contribution in [0.1, 0.15) is 5.56 Å². The Labute approximate surface area is 842 Å². The van der Waals surface area contributed by atoms with Gasteiger partial charge >= 0.3 is 55.4 Å². The third-order valence-corrected chi connectivity index (χ3v) is 26.9. The summed E-state index contributed by atoms with van der Waals surface area (Å²) in [5, 5.41) is 6.60. The van der Waals surface area contributed by atoms with Crippen molar-refractivity contribution >= 4 is 189 Å². The first-order chi connectivity index (χ1) is 68.2. The SMILES string of the molecule is C#Cc1ccccc1.O=S(=O)([O-])c1cccc2c3nc4nc(nc5[n-]c(nc6nc(nc([nH]3)c12)-c1ccccc1-6)c1ccccc51)-c1ccccc1-4.O=S(=O)([O-])c1cccc2c3nc4nc(nc5[nH]c(nc6nc(nc([nH]3)c12)-c1ccccc1-6)c1ccccc51)-c1ccccc1-4.O=S(=O)([O-])c1cccc2c3nc4nc(nc5[nH]c(nc6nc(nc([nH]3)c12)-c1ccccc1-6)c1ccccc51)-c1ccccc1-4.[In+3].[Na+]. The van der Waals surface area contributed by atoms with Crippen LogP contribution in [0.25, 0.3) is 269 Å². The van der Waals surface area contributed by atoms with Crippen LogP contribution in [0.3, 0.4) is 0 Å². The summed E-state index contributed by atoms with van der Waals surface area (Å²) in [7, 11) is -14.6. The van der Waals surface area contributed by atoms with Gasteiger partial charge in [-0.2, -0.15) is 0 Å². The number of benzene rings is 13. The fourth-order valence-electron chi connectivity index (χ4n) is 18.1. The molecule has 6 aliphatic rings. The minimum atomic E-state index is -4.87. The third kappa shape index (κ3) is 15.5. The zero-order valence-corrected chi connectivity index (χ0v) is 81.2. The maximum absolute atomic E-state index is 12.4. The van der Waals surface area contributed by atoms with E-state index in [0.29, 0.717) is 148 Å². The third-order valence-electron chi connectivity index (χ3n) is 24.3. The van der Waals surface area contributed by atoms with E-state index in [0.717, 1.165) is 88.0 Å². The van der Waals surface area contributed by atoms with Gasteiger partial charge in [-0.3, -0.25) is 0 Å². The van der Waals surface area contributed by atoms with Crippen LogP contribution in [-0.4, -0.2) is 179 Å². The first-order valence-electron chi connectivity index (χ1n) is 43.2. The van der Waals surface area contributed by atoms with E-state index in [1.165, 1.54) is 36.4 Å². The van der Waals surface area contributed by atoms with Crippen LogP contribution >= 0.6 is 0 Å². The van der Waals surface area contributed by atoms with Crippen molar-refractivity contribution in [2.75, 3.05) is 0 Å². The Morgan fingerprint density at radius 1 is 0.211 bits per heavy atom. The van der Waals surface area contributed by atoms with Gasteiger partial charge in [-0.1, -0.05) is 279 Å². The van der Waals surface area contributed by atoms with Gasteiger partial charge in [0, 0.05) is 137 Å². The van der Waals surface area contributed by atoms with Crippen LogP contribution in [0.15, 0.2) is 318 Å². The second-order valence-electron chi connectivity index (χ2n) is 32.6. The van der Waals surface area contributed by atoms with Crippen molar-refractivity contribution < 1.29 is 68.5 Å². The normalized spacial score (nSPS) is 12.0. The predicted octanol–water partition coefficient (Wildman–Crippen LogP) is 15.2. The Balaban J connectivity index is 0.000000113. The summed E-state index contributed by atoms with van der Waals surface area (Å²) in [6.45, 7) is 0. The molecule has 24 bridgehead atoms. The molecule has 0 fully saturated rings. The van der Waals surface area contributed by atoms with Crippen LogP contribution < -0.4 is 34.5 Å². The first kappa shape index (κ1) is 89.0. The number of hydrogen-bond donors (Lipinski definition) is 5. The van der Waals surface area contributed by atoms with Crippen molar-refractivity contribution in [3.05, 3.63) is 309 Å². The van der Waals surface area contributed by atoms with E-state index in [2.05, 4.69) is 30.8 Å². The van der Waals surface area contributed by atoms with E-state index in [1.54, 1.807) is 18.2 Å². The second kappa shape index (κ2) is 34.9. The first-order valence-corrected chi connectivity index (χ1v) is 47.5. The zero-order chi connectivity index (χ0) is 94.6. The van der Waals surface area contributed by atoms with Gasteiger partial charge in [-0.05, 0) is 41.1 Å². The summed E-state index contributed by atoms with van der Waals surface area (Å²) in [6, 6.07) is 91.5. The predicted molar refractivity (Wildman–Crippen MR) is 531 cm³/mol. The number of nitrogens with one attached hydrogen (secondary N) is 5. The van der Waals surface area contributed by atoms with Gasteiger partial charge in [0.2, 0.25) is 0 Å². The van der Waals surface area contributed by atoms with Gasteiger partial charge in [0.1, 0.15) is 86.8 Å². The fraction of sp³-hybridized carbons (Fsp3) is 0. The zero-order valence-electron chi connectivity index (χ0n) is 73.4. The Kier molecular flexibility index (Phi) is 21.9. The quantitative estimate of drug-likeness (QED) is 0.0623. The molecule has 0 spiro atoms. The van der Waals surface area contributed by atoms with Gasteiger partial charge in [0.25, 0.3) is 0 Å². The molecule has 9 aromatic heterocycles. The van der Waals surface area contributed by atoms with E-state index in [-0.39, 0.29) is 94.1 Å². The molecule has 6 aliphatic heterocycles. The Hall–Kier alpha value is -16.9. The fourth-order valence-corrected chi connectivity index (χ4v) is 20.2. The molecule has 142 heavy (non-hydrogen) atoms. The molecular formula is C104H56InN24NaO9S3. The van der Waals surface area contributed by atoms with Crippen molar-refractivity contribution in [3.63, 3.8) is 0 Å². The van der Waals surface area contributed by atoms with Gasteiger partial charge in [-0.15, -0.1) is 6.42 Å². The topological polar surface area (TPSA) is 497 Å². The van der Waals surface area contributed by atoms with Gasteiger partial charge in [0.05, 0.1) is 26.3 Å². The molecule has 0 amide bonds. The van der Waals surface area contributed by atoms with Crippen molar-refractivity contribution in [1.82, 2.24) is 120 Å². The summed E-state index contributed by atoms with van der Waals surface area (Å²) in [6.07, 6.45) is 5.10. The summed E-state index contributed by atoms with van der Waals surface area (Å²) in [5.41, 5.74) is 14.2. The number of hydrogen-bond acceptors (Lipinski definition) is 27.